The first kappa shape index (κ1) is 16.7. The Morgan fingerprint density at radius 1 is 1.29 bits per heavy atom. The van der Waals surface area contributed by atoms with Crippen molar-refractivity contribution in [1.82, 2.24) is 30.0 Å². The van der Waals surface area contributed by atoms with E-state index in [9.17, 15) is 4.79 Å². The summed E-state index contributed by atoms with van der Waals surface area (Å²) in [7, 11) is 0. The van der Waals surface area contributed by atoms with Gasteiger partial charge in [0.15, 0.2) is 5.65 Å². The number of carbonyl (C=O) groups excluding carboxylic acids is 1. The number of rotatable bonds is 4. The molecular formula is C20H21N7O. The number of anilines is 1. The van der Waals surface area contributed by atoms with Crippen LogP contribution in [0.2, 0.25) is 0 Å². The second-order valence-corrected chi connectivity index (χ2v) is 7.58. The summed E-state index contributed by atoms with van der Waals surface area (Å²) in [4.78, 5) is 24.1. The number of hydrogen-bond acceptors (Lipinski definition) is 5. The molecule has 1 aliphatic rings. The summed E-state index contributed by atoms with van der Waals surface area (Å²) in [5.74, 6) is 0.343. The Hall–Kier alpha value is -3.42. The van der Waals surface area contributed by atoms with Crippen LogP contribution in [-0.2, 0) is 0 Å². The highest BCUT2D eigenvalue weighted by Crippen LogP contribution is 2.33. The molecule has 4 N–H and O–H groups in total. The molecule has 5 rings (SSSR count). The molecule has 1 aliphatic carbocycles. The molecule has 0 unspecified atom stereocenters. The van der Waals surface area contributed by atoms with Gasteiger partial charge in [-0.05, 0) is 38.8 Å². The van der Waals surface area contributed by atoms with Gasteiger partial charge >= 0.3 is 0 Å². The van der Waals surface area contributed by atoms with Crippen LogP contribution in [0.15, 0.2) is 30.6 Å². The van der Waals surface area contributed by atoms with Gasteiger partial charge in [0, 0.05) is 28.6 Å². The molecule has 0 atom stereocenters. The molecule has 1 aromatic carbocycles. The third-order valence-corrected chi connectivity index (χ3v) is 5.06. The number of aromatic nitrogens is 5. The van der Waals surface area contributed by atoms with E-state index < -0.39 is 0 Å². The molecule has 3 aromatic heterocycles. The summed E-state index contributed by atoms with van der Waals surface area (Å²) in [6, 6.07) is 8.29. The minimum absolute atomic E-state index is 0.0626. The highest BCUT2D eigenvalue weighted by Gasteiger charge is 2.24. The Balaban J connectivity index is 1.62. The van der Waals surface area contributed by atoms with Crippen LogP contribution in [0.4, 0.5) is 5.82 Å². The van der Waals surface area contributed by atoms with E-state index >= 15 is 0 Å². The zero-order valence-electron chi connectivity index (χ0n) is 15.7. The maximum Gasteiger partial charge on any atom is 0.267 e. The minimum atomic E-state index is -0.0626. The third kappa shape index (κ3) is 2.69. The molecule has 0 spiro atoms. The number of nitrogens with two attached hydrogens (primary N) is 1. The van der Waals surface area contributed by atoms with Crippen LogP contribution in [0.25, 0.3) is 33.2 Å². The molecule has 1 amide bonds. The fourth-order valence-corrected chi connectivity index (χ4v) is 3.45. The van der Waals surface area contributed by atoms with E-state index in [0.717, 1.165) is 40.4 Å². The first-order valence-electron chi connectivity index (χ1n) is 9.44. The van der Waals surface area contributed by atoms with Crippen molar-refractivity contribution in [3.63, 3.8) is 0 Å². The zero-order chi connectivity index (χ0) is 19.4. The van der Waals surface area contributed by atoms with E-state index in [1.807, 2.05) is 42.8 Å². The summed E-state index contributed by atoms with van der Waals surface area (Å²) in [5.41, 5.74) is 9.95. The molecule has 0 radical (unpaired) electrons. The lowest BCUT2D eigenvalue weighted by Crippen LogP contribution is -2.25. The summed E-state index contributed by atoms with van der Waals surface area (Å²) < 4.78 is 1.86. The zero-order valence-corrected chi connectivity index (χ0v) is 15.7. The molecule has 8 nitrogen and oxygen atoms in total. The lowest BCUT2D eigenvalue weighted by Gasteiger charge is -2.05. The second kappa shape index (κ2) is 6.05. The number of aromatic amines is 1. The van der Waals surface area contributed by atoms with Crippen LogP contribution < -0.4 is 11.1 Å². The van der Waals surface area contributed by atoms with Gasteiger partial charge < -0.3 is 16.0 Å². The highest BCUT2D eigenvalue weighted by atomic mass is 16.2. The van der Waals surface area contributed by atoms with Crippen molar-refractivity contribution >= 4 is 33.7 Å². The van der Waals surface area contributed by atoms with Crippen molar-refractivity contribution < 1.29 is 4.79 Å². The third-order valence-electron chi connectivity index (χ3n) is 5.06. The summed E-state index contributed by atoms with van der Waals surface area (Å²) in [6.07, 6.45) is 3.58. The number of nitrogens with one attached hydrogen (secondary N) is 2. The van der Waals surface area contributed by atoms with Crippen molar-refractivity contribution in [3.8, 4) is 11.3 Å². The number of H-pyrrole nitrogens is 1. The van der Waals surface area contributed by atoms with E-state index in [4.69, 9.17) is 10.8 Å². The SMILES string of the molecule is CC(C)n1nc(-c2ccc3cc(C(=O)NC4CC4)[nH]c3c2)c2c(N)ncnc21. The van der Waals surface area contributed by atoms with Gasteiger partial charge in [0.2, 0.25) is 0 Å². The normalized spacial score (nSPS) is 14.2. The van der Waals surface area contributed by atoms with Gasteiger partial charge in [-0.3, -0.25) is 4.79 Å². The molecule has 8 heteroatoms. The van der Waals surface area contributed by atoms with E-state index in [1.54, 1.807) is 0 Å². The fraction of sp³-hybridized carbons (Fsp3) is 0.300. The summed E-state index contributed by atoms with van der Waals surface area (Å²) in [5, 5.41) is 9.48. The van der Waals surface area contributed by atoms with E-state index in [0.29, 0.717) is 23.2 Å². The Kier molecular flexibility index (Phi) is 3.61. The molecule has 3 heterocycles. The van der Waals surface area contributed by atoms with Gasteiger partial charge in [-0.1, -0.05) is 12.1 Å². The van der Waals surface area contributed by atoms with Gasteiger partial charge in [-0.15, -0.1) is 0 Å². The molecule has 1 saturated carbocycles. The number of nitrogens with zero attached hydrogens (tertiary/aromatic N) is 4. The van der Waals surface area contributed by atoms with Crippen LogP contribution in [0.3, 0.4) is 0 Å². The van der Waals surface area contributed by atoms with Crippen molar-refractivity contribution in [2.75, 3.05) is 5.73 Å². The van der Waals surface area contributed by atoms with Gasteiger partial charge in [-0.25, -0.2) is 14.6 Å². The number of benzene rings is 1. The first-order valence-corrected chi connectivity index (χ1v) is 9.44. The minimum Gasteiger partial charge on any atom is -0.383 e. The maximum absolute atomic E-state index is 12.3. The van der Waals surface area contributed by atoms with Gasteiger partial charge in [0.05, 0.1) is 5.39 Å². The summed E-state index contributed by atoms with van der Waals surface area (Å²) >= 11 is 0. The predicted molar refractivity (Wildman–Crippen MR) is 108 cm³/mol. The average Bonchev–Trinajstić information content (AvgIpc) is 3.23. The average molecular weight is 375 g/mol. The topological polar surface area (TPSA) is 115 Å². The monoisotopic (exact) mass is 375 g/mol. The predicted octanol–water partition coefficient (Wildman–Crippen LogP) is 3.03. The largest absolute Gasteiger partial charge is 0.383 e. The molecule has 1 fully saturated rings. The van der Waals surface area contributed by atoms with Crippen molar-refractivity contribution in [3.05, 3.63) is 36.3 Å². The smallest absolute Gasteiger partial charge is 0.267 e. The first-order chi connectivity index (χ1) is 13.5. The number of amides is 1. The molecule has 4 aromatic rings. The lowest BCUT2D eigenvalue weighted by molar-refractivity contribution is 0.0947. The van der Waals surface area contributed by atoms with E-state index in [-0.39, 0.29) is 11.9 Å². The van der Waals surface area contributed by atoms with Crippen molar-refractivity contribution in [1.29, 1.82) is 0 Å². The van der Waals surface area contributed by atoms with Gasteiger partial charge in [0.25, 0.3) is 5.91 Å². The van der Waals surface area contributed by atoms with Crippen LogP contribution in [0.5, 0.6) is 0 Å². The van der Waals surface area contributed by atoms with Crippen molar-refractivity contribution in [2.45, 2.75) is 38.8 Å². The van der Waals surface area contributed by atoms with Gasteiger partial charge in [0.1, 0.15) is 23.5 Å². The molecule has 0 saturated heterocycles. The Bertz CT molecular complexity index is 1220. The highest BCUT2D eigenvalue weighted by molar-refractivity contribution is 6.02. The van der Waals surface area contributed by atoms with E-state index in [1.165, 1.54) is 6.33 Å². The lowest BCUT2D eigenvalue weighted by atomic mass is 10.1. The molecule has 142 valence electrons. The van der Waals surface area contributed by atoms with E-state index in [2.05, 4.69) is 20.3 Å². The van der Waals surface area contributed by atoms with Crippen LogP contribution >= 0.6 is 0 Å². The summed E-state index contributed by atoms with van der Waals surface area (Å²) in [6.45, 7) is 4.10. The Labute approximate surface area is 161 Å². The molecule has 0 bridgehead atoms. The van der Waals surface area contributed by atoms with Crippen LogP contribution in [0, 0.1) is 0 Å². The van der Waals surface area contributed by atoms with Crippen molar-refractivity contribution in [2.24, 2.45) is 0 Å². The second-order valence-electron chi connectivity index (χ2n) is 7.58. The maximum atomic E-state index is 12.3. The Morgan fingerprint density at radius 2 is 2.11 bits per heavy atom. The number of carbonyl (C=O) groups is 1. The molecular weight excluding hydrogens is 354 g/mol. The molecule has 28 heavy (non-hydrogen) atoms. The number of nitrogen functional groups attached to an aromatic ring is 1. The standard InChI is InChI=1S/C20H21N7O/c1-10(2)27-19-16(18(21)22-9-23-19)17(26-27)12-4-3-11-7-15(25-14(11)8-12)20(28)24-13-5-6-13/h3-4,7-10,13,25H,5-6H2,1-2H3,(H,24,28)(H2,21,22,23). The molecule has 0 aliphatic heterocycles. The fourth-order valence-electron chi connectivity index (χ4n) is 3.45. The number of fused-ring (bicyclic) bond motifs is 2. The van der Waals surface area contributed by atoms with Crippen LogP contribution in [-0.4, -0.2) is 36.7 Å². The van der Waals surface area contributed by atoms with Crippen LogP contribution in [0.1, 0.15) is 43.2 Å². The number of hydrogen-bond donors (Lipinski definition) is 3. The quantitative estimate of drug-likeness (QED) is 0.507. The Morgan fingerprint density at radius 3 is 2.86 bits per heavy atom. The van der Waals surface area contributed by atoms with Gasteiger partial charge in [-0.2, -0.15) is 5.10 Å².